The van der Waals surface area contributed by atoms with Crippen molar-refractivity contribution in [1.82, 2.24) is 24.5 Å². The fourth-order valence-electron chi connectivity index (χ4n) is 3.49. The molecule has 4 aromatic rings. The van der Waals surface area contributed by atoms with Crippen LogP contribution in [-0.2, 0) is 11.8 Å². The van der Waals surface area contributed by atoms with Gasteiger partial charge in [-0.05, 0) is 31.5 Å². The van der Waals surface area contributed by atoms with Crippen LogP contribution in [0, 0.1) is 13.8 Å². The third kappa shape index (κ3) is 2.98. The zero-order valence-corrected chi connectivity index (χ0v) is 16.5. The number of rotatable bonds is 5. The maximum atomic E-state index is 12.7. The molecule has 3 heterocycles. The van der Waals surface area contributed by atoms with Crippen LogP contribution in [0.4, 0.5) is 0 Å². The van der Waals surface area contributed by atoms with Crippen LogP contribution in [0.15, 0.2) is 35.4 Å². The Hall–Kier alpha value is -4.08. The molecule has 0 atom stereocenters. The molecule has 154 valence electrons. The Morgan fingerprint density at radius 3 is 2.80 bits per heavy atom. The molecular formula is C20H19N5O5. The van der Waals surface area contributed by atoms with Crippen molar-refractivity contribution in [3.63, 3.8) is 0 Å². The third-order valence-corrected chi connectivity index (χ3v) is 5.16. The van der Waals surface area contributed by atoms with Gasteiger partial charge in [-0.25, -0.2) is 9.50 Å². The number of aromatic nitrogens is 4. The molecule has 1 amide bonds. The average molecular weight is 409 g/mol. The van der Waals surface area contributed by atoms with E-state index < -0.39 is 23.9 Å². The summed E-state index contributed by atoms with van der Waals surface area (Å²) < 4.78 is 9.50. The van der Waals surface area contributed by atoms with Crippen LogP contribution in [0.2, 0.25) is 0 Å². The van der Waals surface area contributed by atoms with Crippen molar-refractivity contribution in [1.29, 1.82) is 0 Å². The van der Waals surface area contributed by atoms with E-state index in [1.807, 2.05) is 33.0 Å². The van der Waals surface area contributed by atoms with Crippen LogP contribution in [0.5, 0.6) is 11.6 Å². The second-order valence-corrected chi connectivity index (χ2v) is 6.87. The van der Waals surface area contributed by atoms with E-state index in [0.29, 0.717) is 5.75 Å². The van der Waals surface area contributed by atoms with E-state index in [4.69, 9.17) is 9.84 Å². The minimum absolute atomic E-state index is 0.0357. The summed E-state index contributed by atoms with van der Waals surface area (Å²) in [5.74, 6) is -1.34. The van der Waals surface area contributed by atoms with Gasteiger partial charge in [0.05, 0.1) is 5.52 Å². The summed E-state index contributed by atoms with van der Waals surface area (Å²) in [6.07, 6.45) is 1.31. The molecule has 0 aliphatic carbocycles. The van der Waals surface area contributed by atoms with Crippen molar-refractivity contribution in [3.05, 3.63) is 57.6 Å². The number of H-pyrrole nitrogens is 1. The van der Waals surface area contributed by atoms with Gasteiger partial charge in [0.25, 0.3) is 5.91 Å². The minimum atomic E-state index is -1.22. The van der Waals surface area contributed by atoms with E-state index in [0.717, 1.165) is 22.2 Å². The number of pyridine rings is 1. The number of carboxylic acid groups (broad SMARTS) is 1. The second-order valence-electron chi connectivity index (χ2n) is 6.87. The van der Waals surface area contributed by atoms with E-state index in [1.165, 1.54) is 16.9 Å². The molecule has 4 rings (SSSR count). The van der Waals surface area contributed by atoms with Gasteiger partial charge in [0.1, 0.15) is 24.2 Å². The topological polar surface area (TPSA) is 131 Å². The summed E-state index contributed by atoms with van der Waals surface area (Å²) in [7, 11) is 1.97. The van der Waals surface area contributed by atoms with Gasteiger partial charge in [0, 0.05) is 24.2 Å². The minimum Gasteiger partial charge on any atom is -0.480 e. The van der Waals surface area contributed by atoms with E-state index in [-0.39, 0.29) is 17.1 Å². The number of nitrogens with one attached hydrogen (secondary N) is 2. The van der Waals surface area contributed by atoms with Gasteiger partial charge in [0.15, 0.2) is 5.65 Å². The number of carbonyl (C=O) groups is 2. The Morgan fingerprint density at radius 1 is 1.30 bits per heavy atom. The highest BCUT2D eigenvalue weighted by Gasteiger charge is 2.21. The summed E-state index contributed by atoms with van der Waals surface area (Å²) in [5.41, 5.74) is 2.27. The average Bonchev–Trinajstić information content (AvgIpc) is 3.27. The van der Waals surface area contributed by atoms with Gasteiger partial charge in [0.2, 0.25) is 11.3 Å². The maximum absolute atomic E-state index is 12.7. The normalized spacial score (nSPS) is 11.2. The molecule has 10 nitrogen and oxygen atoms in total. The molecule has 0 aliphatic rings. The molecule has 0 fully saturated rings. The number of fused-ring (bicyclic) bond motifs is 2. The molecule has 0 saturated heterocycles. The van der Waals surface area contributed by atoms with Crippen molar-refractivity contribution < 1.29 is 19.4 Å². The Kier molecular flexibility index (Phi) is 4.53. The molecule has 0 unspecified atom stereocenters. The molecule has 3 N–H and O–H groups in total. The van der Waals surface area contributed by atoms with Gasteiger partial charge >= 0.3 is 5.97 Å². The molecule has 0 bridgehead atoms. The highest BCUT2D eigenvalue weighted by Crippen LogP contribution is 2.34. The predicted octanol–water partition coefficient (Wildman–Crippen LogP) is 1.74. The van der Waals surface area contributed by atoms with Gasteiger partial charge < -0.3 is 19.7 Å². The lowest BCUT2D eigenvalue weighted by Gasteiger charge is -2.11. The number of ether oxygens (including phenoxy) is 1. The van der Waals surface area contributed by atoms with E-state index in [1.54, 1.807) is 6.07 Å². The fraction of sp³-hybridized carbons (Fsp3) is 0.200. The largest absolute Gasteiger partial charge is 0.480 e. The first-order valence-electron chi connectivity index (χ1n) is 9.11. The summed E-state index contributed by atoms with van der Waals surface area (Å²) in [6, 6.07) is 6.81. The number of nitrogens with zero attached hydrogens (tertiary/aromatic N) is 3. The van der Waals surface area contributed by atoms with Crippen molar-refractivity contribution in [2.75, 3.05) is 6.54 Å². The van der Waals surface area contributed by atoms with Crippen LogP contribution in [0.25, 0.3) is 16.6 Å². The standard InChI is InChI=1S/C20H19N5O5/c1-10-11(2)24(3)12-5-4-6-14(17(10)12)30-15-7-13(26)18(19-22-9-23-25(15)19)20(29)21-8-16(27)28/h4-7,9H,8H2,1-3H3,(H,21,29)(H,22,23)(H,27,28). The molecule has 1 aromatic carbocycles. The monoisotopic (exact) mass is 409 g/mol. The highest BCUT2D eigenvalue weighted by molar-refractivity contribution is 6.01. The van der Waals surface area contributed by atoms with Crippen LogP contribution >= 0.6 is 0 Å². The predicted molar refractivity (Wildman–Crippen MR) is 108 cm³/mol. The van der Waals surface area contributed by atoms with Crippen LogP contribution < -0.4 is 15.5 Å². The number of hydrogen-bond donors (Lipinski definition) is 3. The SMILES string of the molecule is Cc1c(C)n(C)c2cccc(Oc3cc(=O)c(C(=O)NCC(=O)O)c4nc[nH]n34)c12. The number of hydrogen-bond acceptors (Lipinski definition) is 5. The molecule has 3 aromatic heterocycles. The second kappa shape index (κ2) is 7.07. The Labute approximate surface area is 169 Å². The molecular weight excluding hydrogens is 390 g/mol. The number of aromatic amines is 1. The molecule has 0 spiro atoms. The Bertz CT molecular complexity index is 1380. The summed E-state index contributed by atoms with van der Waals surface area (Å²) in [5, 5.41) is 14.7. The summed E-state index contributed by atoms with van der Waals surface area (Å²) in [6.45, 7) is 3.40. The zero-order chi connectivity index (χ0) is 21.6. The van der Waals surface area contributed by atoms with Gasteiger partial charge in [-0.2, -0.15) is 0 Å². The Morgan fingerprint density at radius 2 is 2.07 bits per heavy atom. The van der Waals surface area contributed by atoms with Crippen molar-refractivity contribution >= 4 is 28.4 Å². The smallest absolute Gasteiger partial charge is 0.322 e. The van der Waals surface area contributed by atoms with E-state index in [2.05, 4.69) is 20.0 Å². The summed E-state index contributed by atoms with van der Waals surface area (Å²) in [4.78, 5) is 39.7. The molecule has 0 radical (unpaired) electrons. The number of carboxylic acids is 1. The van der Waals surface area contributed by atoms with Crippen molar-refractivity contribution in [3.8, 4) is 11.6 Å². The van der Waals surface area contributed by atoms with Crippen LogP contribution in [-0.4, -0.2) is 42.7 Å². The lowest BCUT2D eigenvalue weighted by Crippen LogP contribution is -2.33. The maximum Gasteiger partial charge on any atom is 0.322 e. The lowest BCUT2D eigenvalue weighted by molar-refractivity contribution is -0.135. The van der Waals surface area contributed by atoms with E-state index in [9.17, 15) is 14.4 Å². The number of amides is 1. The quantitative estimate of drug-likeness (QED) is 0.460. The molecule has 0 saturated carbocycles. The number of carbonyl (C=O) groups excluding carboxylic acids is 1. The number of aryl methyl sites for hydroxylation is 2. The van der Waals surface area contributed by atoms with Crippen molar-refractivity contribution in [2.24, 2.45) is 7.05 Å². The first-order valence-corrected chi connectivity index (χ1v) is 9.11. The van der Waals surface area contributed by atoms with E-state index >= 15 is 0 Å². The number of aliphatic carboxylic acids is 1. The van der Waals surface area contributed by atoms with Gasteiger partial charge in [-0.3, -0.25) is 19.5 Å². The molecule has 30 heavy (non-hydrogen) atoms. The van der Waals surface area contributed by atoms with Gasteiger partial charge in [-0.15, -0.1) is 0 Å². The highest BCUT2D eigenvalue weighted by atomic mass is 16.5. The van der Waals surface area contributed by atoms with Crippen molar-refractivity contribution in [2.45, 2.75) is 13.8 Å². The molecule has 0 aliphatic heterocycles. The summed E-state index contributed by atoms with van der Waals surface area (Å²) >= 11 is 0. The fourth-order valence-corrected chi connectivity index (χ4v) is 3.49. The lowest BCUT2D eigenvalue weighted by atomic mass is 10.1. The first-order chi connectivity index (χ1) is 14.3. The van der Waals surface area contributed by atoms with Crippen LogP contribution in [0.3, 0.4) is 0 Å². The first kappa shape index (κ1) is 19.2. The number of benzene rings is 1. The Balaban J connectivity index is 1.82. The zero-order valence-electron chi connectivity index (χ0n) is 16.5. The van der Waals surface area contributed by atoms with Gasteiger partial charge in [-0.1, -0.05) is 6.07 Å². The molecule has 10 heteroatoms. The third-order valence-electron chi connectivity index (χ3n) is 5.16. The van der Waals surface area contributed by atoms with Crippen LogP contribution in [0.1, 0.15) is 21.6 Å².